The predicted octanol–water partition coefficient (Wildman–Crippen LogP) is 1.89. The molecule has 2 unspecified atom stereocenters. The Morgan fingerprint density at radius 1 is 1.45 bits per heavy atom. The average molecular weight is 266 g/mol. The zero-order chi connectivity index (χ0) is 8.91. The summed E-state index contributed by atoms with van der Waals surface area (Å²) >= 11 is -2.28. The van der Waals surface area contributed by atoms with Crippen LogP contribution in [0, 0.1) is 0 Å². The van der Waals surface area contributed by atoms with E-state index in [1.807, 2.05) is 0 Å². The summed E-state index contributed by atoms with van der Waals surface area (Å²) in [5.41, 5.74) is 5.91. The van der Waals surface area contributed by atoms with Crippen LogP contribution in [0.3, 0.4) is 0 Å². The van der Waals surface area contributed by atoms with Crippen LogP contribution >= 0.6 is 0 Å². The van der Waals surface area contributed by atoms with Gasteiger partial charge >= 0.3 is 74.8 Å². The van der Waals surface area contributed by atoms with Gasteiger partial charge in [-0.25, -0.2) is 0 Å². The predicted molar refractivity (Wildman–Crippen MR) is 52.0 cm³/mol. The Balaban J connectivity index is 4.01. The first-order valence-corrected chi connectivity index (χ1v) is 12.1. The molecule has 68 valence electrons. The van der Waals surface area contributed by atoms with Crippen molar-refractivity contribution in [1.29, 1.82) is 0 Å². The van der Waals surface area contributed by atoms with Crippen LogP contribution in [0.25, 0.3) is 0 Å². The fraction of sp³-hybridized carbons (Fsp3) is 1.00. The van der Waals surface area contributed by atoms with Gasteiger partial charge in [-0.2, -0.15) is 0 Å². The first kappa shape index (κ1) is 11.7. The van der Waals surface area contributed by atoms with E-state index in [4.69, 9.17) is 8.81 Å². The summed E-state index contributed by atoms with van der Waals surface area (Å²) in [6, 6.07) is 0. The standard InChI is InChI=1S/C3H7.C2H6N.C2H5O.CH3.Sn/c1-3-2;2*1-2-3;;/h1,3H2,2H3;2H,3H2,1H3;2H2,1H3;1H3;/q;;-1;;+1. The molecule has 2 atom stereocenters. The number of rotatable bonds is 5. The molecule has 0 fully saturated rings. The van der Waals surface area contributed by atoms with Gasteiger partial charge in [0.05, 0.1) is 0 Å². The van der Waals surface area contributed by atoms with Crippen LogP contribution in [0.15, 0.2) is 0 Å². The number of nitrogens with two attached hydrogens (primary N) is 1. The van der Waals surface area contributed by atoms with Gasteiger partial charge in [-0.1, -0.05) is 0 Å². The molecule has 0 amide bonds. The van der Waals surface area contributed by atoms with Crippen molar-refractivity contribution in [2.45, 2.75) is 40.6 Å². The monoisotopic (exact) mass is 267 g/mol. The normalized spacial score (nSPS) is 19.4. The van der Waals surface area contributed by atoms with E-state index >= 15 is 0 Å². The molecule has 0 radical (unpaired) electrons. The molecule has 0 aromatic heterocycles. The van der Waals surface area contributed by atoms with Crippen molar-refractivity contribution in [3.8, 4) is 0 Å². The minimum absolute atomic E-state index is 0.323. The van der Waals surface area contributed by atoms with E-state index in [0.717, 1.165) is 6.61 Å². The molecular formula is C8H21NOSn. The molecule has 0 rings (SSSR count). The van der Waals surface area contributed by atoms with E-state index in [1.54, 1.807) is 0 Å². The van der Waals surface area contributed by atoms with Crippen LogP contribution in [-0.4, -0.2) is 29.5 Å². The van der Waals surface area contributed by atoms with Crippen LogP contribution in [-0.2, 0) is 3.07 Å². The third-order valence-corrected chi connectivity index (χ3v) is 14.6. The summed E-state index contributed by atoms with van der Waals surface area (Å²) < 4.78 is 7.39. The molecule has 0 heterocycles. The van der Waals surface area contributed by atoms with E-state index in [0.29, 0.717) is 4.06 Å². The molecular weight excluding hydrogens is 245 g/mol. The van der Waals surface area contributed by atoms with Crippen molar-refractivity contribution in [2.24, 2.45) is 5.73 Å². The van der Waals surface area contributed by atoms with Gasteiger partial charge < -0.3 is 0 Å². The van der Waals surface area contributed by atoms with Gasteiger partial charge in [0.15, 0.2) is 0 Å². The molecule has 0 aromatic carbocycles. The Morgan fingerprint density at radius 3 is 2.27 bits per heavy atom. The van der Waals surface area contributed by atoms with Crippen LogP contribution in [0.1, 0.15) is 27.2 Å². The van der Waals surface area contributed by atoms with E-state index < -0.39 is 18.8 Å². The SMILES string of the molecule is CC[CH2][Sn]([CH3])([O]CC)[CH](C)N. The van der Waals surface area contributed by atoms with Crippen LogP contribution in [0.4, 0.5) is 0 Å². The Morgan fingerprint density at radius 2 is 2.00 bits per heavy atom. The van der Waals surface area contributed by atoms with E-state index in [9.17, 15) is 0 Å². The molecule has 0 spiro atoms. The second-order valence-electron chi connectivity index (χ2n) is 3.28. The third-order valence-electron chi connectivity index (χ3n) is 2.18. The van der Waals surface area contributed by atoms with Gasteiger partial charge in [0.2, 0.25) is 0 Å². The second kappa shape index (κ2) is 5.38. The summed E-state index contributed by atoms with van der Waals surface area (Å²) in [6.07, 6.45) is 1.22. The molecule has 0 saturated carbocycles. The Bertz CT molecular complexity index is 100. The van der Waals surface area contributed by atoms with Gasteiger partial charge in [-0.05, 0) is 0 Å². The maximum absolute atomic E-state index is 5.91. The molecule has 0 saturated heterocycles. The number of hydrogen-bond donors (Lipinski definition) is 1. The van der Waals surface area contributed by atoms with Crippen molar-refractivity contribution in [3.63, 3.8) is 0 Å². The molecule has 11 heavy (non-hydrogen) atoms. The first-order valence-electron chi connectivity index (χ1n) is 4.46. The second-order valence-corrected chi connectivity index (χ2v) is 15.6. The van der Waals surface area contributed by atoms with Crippen molar-refractivity contribution in [1.82, 2.24) is 0 Å². The topological polar surface area (TPSA) is 35.2 Å². The Hall–Kier alpha value is 0.719. The zero-order valence-electron chi connectivity index (χ0n) is 8.18. The summed E-state index contributed by atoms with van der Waals surface area (Å²) in [6.45, 7) is 7.21. The first-order chi connectivity index (χ1) is 5.06. The molecule has 3 heteroatoms. The molecule has 2 N–H and O–H groups in total. The molecule has 0 aliphatic rings. The van der Waals surface area contributed by atoms with Gasteiger partial charge in [-0.15, -0.1) is 0 Å². The maximum atomic E-state index is 5.91. The van der Waals surface area contributed by atoms with Gasteiger partial charge in [0.25, 0.3) is 0 Å². The summed E-state index contributed by atoms with van der Waals surface area (Å²) in [4.78, 5) is 2.30. The fourth-order valence-corrected chi connectivity index (χ4v) is 8.44. The summed E-state index contributed by atoms with van der Waals surface area (Å²) in [5, 5.41) is 0. The van der Waals surface area contributed by atoms with Gasteiger partial charge in [-0.3, -0.25) is 0 Å². The Kier molecular flexibility index (Phi) is 5.73. The fourth-order valence-electron chi connectivity index (χ4n) is 1.26. The molecule has 0 aromatic rings. The Labute approximate surface area is 74.9 Å². The van der Waals surface area contributed by atoms with Crippen molar-refractivity contribution < 1.29 is 3.07 Å². The van der Waals surface area contributed by atoms with E-state index in [1.165, 1.54) is 10.9 Å². The summed E-state index contributed by atoms with van der Waals surface area (Å²) in [7, 11) is 0. The van der Waals surface area contributed by atoms with Gasteiger partial charge in [0, 0.05) is 0 Å². The van der Waals surface area contributed by atoms with Crippen molar-refractivity contribution >= 4 is 18.8 Å². The van der Waals surface area contributed by atoms with Crippen LogP contribution in [0.5, 0.6) is 0 Å². The van der Waals surface area contributed by atoms with E-state index in [2.05, 4.69) is 25.7 Å². The van der Waals surface area contributed by atoms with Crippen molar-refractivity contribution in [2.75, 3.05) is 6.61 Å². The van der Waals surface area contributed by atoms with Gasteiger partial charge in [0.1, 0.15) is 0 Å². The summed E-state index contributed by atoms with van der Waals surface area (Å²) in [5.74, 6) is 0. The zero-order valence-corrected chi connectivity index (χ0v) is 11.0. The van der Waals surface area contributed by atoms with Crippen LogP contribution < -0.4 is 5.73 Å². The molecule has 0 aliphatic heterocycles. The molecule has 0 aliphatic carbocycles. The van der Waals surface area contributed by atoms with E-state index in [-0.39, 0.29) is 0 Å². The quantitative estimate of drug-likeness (QED) is 0.771. The van der Waals surface area contributed by atoms with Crippen molar-refractivity contribution in [3.05, 3.63) is 0 Å². The molecule has 2 nitrogen and oxygen atoms in total. The number of hydrogen-bond acceptors (Lipinski definition) is 2. The third kappa shape index (κ3) is 3.76. The van der Waals surface area contributed by atoms with Crippen LogP contribution in [0.2, 0.25) is 9.38 Å². The molecule has 0 bridgehead atoms. The average Bonchev–Trinajstić information content (AvgIpc) is 1.88. The minimum atomic E-state index is -2.28.